The summed E-state index contributed by atoms with van der Waals surface area (Å²) in [5.74, 6) is 0. The highest BCUT2D eigenvalue weighted by Gasteiger charge is 2.81. The van der Waals surface area contributed by atoms with Crippen molar-refractivity contribution < 1.29 is 0 Å². The van der Waals surface area contributed by atoms with E-state index in [-0.39, 0.29) is 0 Å². The van der Waals surface area contributed by atoms with Gasteiger partial charge in [0.2, 0.25) is 11.4 Å². The zero-order valence-electron chi connectivity index (χ0n) is 7.91. The van der Waals surface area contributed by atoms with Crippen LogP contribution in [0, 0.1) is 10.3 Å². The Labute approximate surface area is 175 Å². The van der Waals surface area contributed by atoms with Crippen LogP contribution >= 0.6 is 151 Å². The third kappa shape index (κ3) is 4.06. The quantitative estimate of drug-likeness (QED) is 0.314. The molecule has 0 saturated carbocycles. The third-order valence-corrected chi connectivity index (χ3v) is 6.43. The number of alkyl halides is 11. The minimum atomic E-state index is -2.65. The van der Waals surface area contributed by atoms with Crippen LogP contribution in [0.3, 0.4) is 0 Å². The molecule has 0 amide bonds. The van der Waals surface area contributed by atoms with Crippen molar-refractivity contribution in [3.05, 3.63) is 4.84 Å². The van der Waals surface area contributed by atoms with Gasteiger partial charge < -0.3 is 0 Å². The van der Waals surface area contributed by atoms with Crippen molar-refractivity contribution in [1.29, 1.82) is 0 Å². The van der Waals surface area contributed by atoms with Crippen molar-refractivity contribution >= 4 is 151 Å². The summed E-state index contributed by atoms with van der Waals surface area (Å²) < 4.78 is -10.3. The first kappa shape index (κ1) is 22.8. The topological polar surface area (TPSA) is 0 Å². The zero-order valence-corrected chi connectivity index (χ0v) is 17.7. The van der Waals surface area contributed by atoms with E-state index in [1.165, 1.54) is 0 Å². The molecule has 0 spiro atoms. The van der Waals surface area contributed by atoms with Gasteiger partial charge in [0, 0.05) is 0 Å². The van der Waals surface area contributed by atoms with Gasteiger partial charge >= 0.3 is 0 Å². The van der Waals surface area contributed by atoms with Gasteiger partial charge in [-0.1, -0.05) is 151 Å². The lowest BCUT2D eigenvalue weighted by Gasteiger charge is -2.54. The Morgan fingerprint density at radius 1 is 0.474 bits per heavy atom. The van der Waals surface area contributed by atoms with Crippen LogP contribution in [0.5, 0.6) is 0 Å². The summed E-state index contributed by atoms with van der Waals surface area (Å²) in [6.07, 6.45) is 0. The Morgan fingerprint density at radius 2 is 0.684 bits per heavy atom. The first-order valence-electron chi connectivity index (χ1n) is 3.71. The van der Waals surface area contributed by atoms with E-state index in [1.54, 1.807) is 0 Å². The Kier molecular flexibility index (Phi) is 8.32. The van der Waals surface area contributed by atoms with Crippen molar-refractivity contribution in [2.45, 2.75) is 15.7 Å². The molecule has 0 aliphatic carbocycles. The Bertz CT molecular complexity index is 277. The number of hydrogen-bond donors (Lipinski definition) is 0. The average Bonchev–Trinajstić information content (AvgIpc) is 1.92. The highest BCUT2D eigenvalue weighted by atomic mass is 35.6. The van der Waals surface area contributed by atoms with Gasteiger partial charge in [-0.05, 0) is 0 Å². The average molecular weight is 533 g/mol. The van der Waals surface area contributed by atoms with Gasteiger partial charge in [0.25, 0.3) is 0 Å². The van der Waals surface area contributed by atoms with Gasteiger partial charge in [0.05, 0.1) is 0 Å². The molecule has 1 radical (unpaired) electrons. The Balaban J connectivity index is 6.63. The van der Waals surface area contributed by atoms with Gasteiger partial charge in [-0.25, -0.2) is 0 Å². The second kappa shape index (κ2) is 6.95. The normalized spacial score (nSPS) is 16.1. The molecule has 0 aliphatic heterocycles. The highest BCUT2D eigenvalue weighted by Crippen LogP contribution is 2.75. The van der Waals surface area contributed by atoms with Crippen LogP contribution in [0.4, 0.5) is 0 Å². The van der Waals surface area contributed by atoms with Crippen LogP contribution < -0.4 is 0 Å². The van der Waals surface area contributed by atoms with E-state index in [0.29, 0.717) is 0 Å². The Morgan fingerprint density at radius 3 is 0.737 bits per heavy atom. The molecular formula is C6Cl13. The van der Waals surface area contributed by atoms with E-state index in [2.05, 4.69) is 0 Å². The molecule has 19 heavy (non-hydrogen) atoms. The smallest absolute Gasteiger partial charge is 0.0970 e. The summed E-state index contributed by atoms with van der Waals surface area (Å²) >= 11 is 75.0. The van der Waals surface area contributed by atoms with Crippen molar-refractivity contribution in [1.82, 2.24) is 0 Å². The molecule has 115 valence electrons. The fraction of sp³-hybridized carbons (Fsp3) is 0.833. The summed E-state index contributed by atoms with van der Waals surface area (Å²) in [5, 5.41) is 0. The van der Waals surface area contributed by atoms with Crippen LogP contribution in [0.2, 0.25) is 0 Å². The number of halogens is 13. The van der Waals surface area contributed by atoms with Gasteiger partial charge in [-0.2, -0.15) is 0 Å². The maximum absolute atomic E-state index is 5.95. The fourth-order valence-corrected chi connectivity index (χ4v) is 8.30. The second-order valence-electron chi connectivity index (χ2n) is 3.08. The summed E-state index contributed by atoms with van der Waals surface area (Å²) in [5.41, 5.74) is -2.65. The van der Waals surface area contributed by atoms with Crippen LogP contribution in [0.25, 0.3) is 0 Å². The van der Waals surface area contributed by atoms with Crippen molar-refractivity contribution in [2.75, 3.05) is 0 Å². The molecule has 0 aromatic rings. The predicted octanol–water partition coefficient (Wildman–Crippen LogP) is 8.22. The molecule has 0 saturated heterocycles. The van der Waals surface area contributed by atoms with E-state index < -0.39 is 26.0 Å². The van der Waals surface area contributed by atoms with E-state index in [9.17, 15) is 0 Å². The molecule has 0 fully saturated rings. The molecule has 0 aromatic heterocycles. The van der Waals surface area contributed by atoms with Crippen LogP contribution in [0.15, 0.2) is 0 Å². The van der Waals surface area contributed by atoms with Crippen LogP contribution in [0.1, 0.15) is 0 Å². The minimum absolute atomic E-state index is 0.750. The van der Waals surface area contributed by atoms with Crippen molar-refractivity contribution in [3.63, 3.8) is 0 Å². The fourth-order valence-electron chi connectivity index (χ4n) is 1.16. The molecular weight excluding hydrogens is 533 g/mol. The molecule has 13 heteroatoms. The summed E-state index contributed by atoms with van der Waals surface area (Å²) in [6.45, 7) is 0. The molecule has 0 rings (SSSR count). The van der Waals surface area contributed by atoms with E-state index in [1.807, 2.05) is 0 Å². The molecule has 0 unspecified atom stereocenters. The van der Waals surface area contributed by atoms with Crippen molar-refractivity contribution in [3.8, 4) is 0 Å². The van der Waals surface area contributed by atoms with E-state index in [0.717, 1.165) is 0 Å². The highest BCUT2D eigenvalue weighted by molar-refractivity contribution is 6.80. The summed E-state index contributed by atoms with van der Waals surface area (Å²) in [7, 11) is 0. The lowest BCUT2D eigenvalue weighted by molar-refractivity contribution is 0.281. The van der Waals surface area contributed by atoms with E-state index >= 15 is 0 Å². The molecule has 0 aliphatic rings. The Hall–Kier alpha value is 3.77. The van der Waals surface area contributed by atoms with Gasteiger partial charge in [0.1, 0.15) is 5.41 Å². The van der Waals surface area contributed by atoms with Gasteiger partial charge in [-0.15, -0.1) is 0 Å². The molecule has 0 aromatic carbocycles. The number of hydrogen-bond acceptors (Lipinski definition) is 0. The monoisotopic (exact) mass is 527 g/mol. The SMILES string of the molecule is Cl[C](Cl)C(Cl)(Cl)C(C(Cl)(Cl)Cl)(C(Cl)(Cl)Cl)C(Cl)(Cl)Cl. The second-order valence-corrected chi connectivity index (χ2v) is 12.2. The van der Waals surface area contributed by atoms with E-state index in [4.69, 9.17) is 151 Å². The van der Waals surface area contributed by atoms with Crippen molar-refractivity contribution in [2.24, 2.45) is 5.41 Å². The first-order chi connectivity index (χ1) is 7.94. The largest absolute Gasteiger partial charge is 0.207 e. The lowest BCUT2D eigenvalue weighted by Crippen LogP contribution is -2.65. The number of rotatable bonds is 2. The van der Waals surface area contributed by atoms with Gasteiger partial charge in [-0.3, -0.25) is 0 Å². The van der Waals surface area contributed by atoms with Gasteiger partial charge in [0.15, 0.2) is 9.17 Å². The molecule has 0 atom stereocenters. The maximum atomic E-state index is 5.95. The summed E-state index contributed by atoms with van der Waals surface area (Å²) in [6, 6.07) is 0. The van der Waals surface area contributed by atoms with Crippen LogP contribution in [-0.2, 0) is 0 Å². The summed E-state index contributed by atoms with van der Waals surface area (Å²) in [4.78, 5) is -0.750. The first-order valence-corrected chi connectivity index (χ1v) is 8.62. The molecule has 0 heterocycles. The standard InChI is InChI=1S/C6Cl13/c7-1(8)2(9,10)3(4(11,12)13,5(14,15)16)6(17,18)19. The molecule has 0 N–H and O–H groups in total. The third-order valence-electron chi connectivity index (χ3n) is 1.98. The van der Waals surface area contributed by atoms with Crippen LogP contribution in [-0.4, -0.2) is 15.7 Å². The maximum Gasteiger partial charge on any atom is 0.207 e. The lowest BCUT2D eigenvalue weighted by atomic mass is 9.88. The minimum Gasteiger partial charge on any atom is -0.0970 e. The zero-order chi connectivity index (χ0) is 16.1. The predicted molar refractivity (Wildman–Crippen MR) is 92.7 cm³/mol. The molecule has 0 nitrogen and oxygen atoms in total. The molecule has 0 bridgehead atoms.